The number of benzene rings is 3. The molecule has 0 aliphatic heterocycles. The normalized spacial score (nSPS) is 13.6. The first-order chi connectivity index (χ1) is 12.2. The summed E-state index contributed by atoms with van der Waals surface area (Å²) in [4.78, 5) is 12.7. The Kier molecular flexibility index (Phi) is 3.39. The van der Waals surface area contributed by atoms with E-state index in [1.54, 1.807) is 36.4 Å². The average Bonchev–Trinajstić information content (AvgIpc) is 2.59. The maximum Gasteiger partial charge on any atom is 0.534 e. The fourth-order valence-corrected chi connectivity index (χ4v) is 3.57. The highest BCUT2D eigenvalue weighted by Crippen LogP contribution is 2.43. The summed E-state index contributed by atoms with van der Waals surface area (Å²) in [5, 5.41) is 0.488. The van der Waals surface area contributed by atoms with Crippen LogP contribution >= 0.6 is 0 Å². The molecule has 132 valence electrons. The highest BCUT2D eigenvalue weighted by molar-refractivity contribution is 7.88. The molecule has 0 saturated heterocycles. The van der Waals surface area contributed by atoms with Gasteiger partial charge in [-0.1, -0.05) is 42.5 Å². The minimum Gasteiger partial charge on any atom is -0.375 e. The smallest absolute Gasteiger partial charge is 0.375 e. The topological polar surface area (TPSA) is 60.4 Å². The van der Waals surface area contributed by atoms with E-state index in [2.05, 4.69) is 4.18 Å². The van der Waals surface area contributed by atoms with Gasteiger partial charge in [0.1, 0.15) is 0 Å². The van der Waals surface area contributed by atoms with E-state index in [-0.39, 0.29) is 16.7 Å². The molecule has 0 heterocycles. The summed E-state index contributed by atoms with van der Waals surface area (Å²) in [5.41, 5.74) is -3.53. The van der Waals surface area contributed by atoms with Crippen molar-refractivity contribution in [3.63, 3.8) is 0 Å². The van der Waals surface area contributed by atoms with Crippen molar-refractivity contribution in [2.24, 2.45) is 0 Å². The van der Waals surface area contributed by atoms with Gasteiger partial charge in [-0.3, -0.25) is 4.79 Å². The molecule has 0 bridgehead atoms. The Morgan fingerprint density at radius 2 is 1.42 bits per heavy atom. The summed E-state index contributed by atoms with van der Waals surface area (Å²) in [6, 6.07) is 13.9. The van der Waals surface area contributed by atoms with Crippen LogP contribution in [0.5, 0.6) is 5.75 Å². The molecular formula is C18H9F3O4S. The zero-order valence-electron chi connectivity index (χ0n) is 12.9. The SMILES string of the molecule is O=C1c2ccccc2-c2cccc3c(OS(=O)(=O)C(F)(F)F)ccc1c23. The Morgan fingerprint density at radius 3 is 2.12 bits per heavy atom. The fraction of sp³-hybridized carbons (Fsp3) is 0.0556. The van der Waals surface area contributed by atoms with Crippen molar-refractivity contribution in [2.45, 2.75) is 5.51 Å². The third-order valence-electron chi connectivity index (χ3n) is 4.19. The van der Waals surface area contributed by atoms with Gasteiger partial charge < -0.3 is 4.18 Å². The molecule has 26 heavy (non-hydrogen) atoms. The summed E-state index contributed by atoms with van der Waals surface area (Å²) >= 11 is 0. The molecule has 0 atom stereocenters. The van der Waals surface area contributed by atoms with Gasteiger partial charge in [-0.2, -0.15) is 21.6 Å². The molecule has 0 saturated carbocycles. The maximum absolute atomic E-state index is 12.7. The second-order valence-electron chi connectivity index (χ2n) is 5.70. The molecule has 0 N–H and O–H groups in total. The third kappa shape index (κ3) is 2.29. The maximum atomic E-state index is 12.7. The van der Waals surface area contributed by atoms with Crippen LogP contribution in [-0.2, 0) is 10.1 Å². The van der Waals surface area contributed by atoms with Crippen LogP contribution in [0.2, 0.25) is 0 Å². The van der Waals surface area contributed by atoms with E-state index >= 15 is 0 Å². The lowest BCUT2D eigenvalue weighted by Gasteiger charge is -2.21. The molecule has 8 heteroatoms. The predicted molar refractivity (Wildman–Crippen MR) is 88.4 cm³/mol. The van der Waals surface area contributed by atoms with Crippen molar-refractivity contribution >= 4 is 26.7 Å². The molecule has 4 nitrogen and oxygen atoms in total. The molecule has 0 aromatic heterocycles. The third-order valence-corrected chi connectivity index (χ3v) is 5.16. The van der Waals surface area contributed by atoms with Gasteiger partial charge in [0, 0.05) is 21.9 Å². The standard InChI is InChI=1S/C18H9F3O4S/c19-18(20,21)26(23,24)25-15-9-8-14-16-11(6-3-7-13(15)16)10-4-1-2-5-12(10)17(14)22/h1-9H. The Bertz CT molecular complexity index is 1180. The van der Waals surface area contributed by atoms with Crippen molar-refractivity contribution in [1.29, 1.82) is 0 Å². The highest BCUT2D eigenvalue weighted by atomic mass is 32.2. The molecule has 3 aromatic carbocycles. The van der Waals surface area contributed by atoms with Crippen molar-refractivity contribution in [3.05, 3.63) is 65.7 Å². The van der Waals surface area contributed by atoms with E-state index in [4.69, 9.17) is 0 Å². The van der Waals surface area contributed by atoms with Gasteiger partial charge in [0.25, 0.3) is 0 Å². The zero-order chi connectivity index (χ0) is 18.7. The largest absolute Gasteiger partial charge is 0.534 e. The molecule has 0 radical (unpaired) electrons. The summed E-state index contributed by atoms with van der Waals surface area (Å²) < 4.78 is 65.0. The van der Waals surface area contributed by atoms with E-state index in [1.807, 2.05) is 0 Å². The van der Waals surface area contributed by atoms with Gasteiger partial charge in [-0.25, -0.2) is 0 Å². The molecule has 0 fully saturated rings. The molecular weight excluding hydrogens is 369 g/mol. The Balaban J connectivity index is 2.00. The first kappa shape index (κ1) is 16.6. The van der Waals surface area contributed by atoms with Crippen LogP contribution in [0.3, 0.4) is 0 Å². The molecule has 0 spiro atoms. The molecule has 0 unspecified atom stereocenters. The lowest BCUT2D eigenvalue weighted by atomic mass is 9.83. The summed E-state index contributed by atoms with van der Waals surface area (Å²) in [7, 11) is -5.82. The summed E-state index contributed by atoms with van der Waals surface area (Å²) in [5.74, 6) is -0.760. The number of hydrogen-bond donors (Lipinski definition) is 0. The van der Waals surface area contributed by atoms with Gasteiger partial charge in [0.05, 0.1) is 0 Å². The van der Waals surface area contributed by atoms with E-state index in [1.165, 1.54) is 12.1 Å². The molecule has 0 amide bonds. The first-order valence-electron chi connectivity index (χ1n) is 7.41. The minimum absolute atomic E-state index is 0.121. The van der Waals surface area contributed by atoms with Gasteiger partial charge in [0.2, 0.25) is 0 Å². The van der Waals surface area contributed by atoms with Crippen molar-refractivity contribution in [1.82, 2.24) is 0 Å². The number of rotatable bonds is 2. The van der Waals surface area contributed by atoms with Gasteiger partial charge in [-0.05, 0) is 23.3 Å². The average molecular weight is 378 g/mol. The number of carbonyl (C=O) groups excluding carboxylic acids is 1. The monoisotopic (exact) mass is 378 g/mol. The number of hydrogen-bond acceptors (Lipinski definition) is 4. The minimum atomic E-state index is -5.82. The quantitative estimate of drug-likeness (QED) is 0.386. The van der Waals surface area contributed by atoms with Crippen LogP contribution in [-0.4, -0.2) is 19.7 Å². The van der Waals surface area contributed by atoms with Gasteiger partial charge >= 0.3 is 15.6 Å². The van der Waals surface area contributed by atoms with Crippen molar-refractivity contribution in [2.75, 3.05) is 0 Å². The van der Waals surface area contributed by atoms with Crippen LogP contribution in [0.1, 0.15) is 15.9 Å². The number of fused-ring (bicyclic) bond motifs is 2. The van der Waals surface area contributed by atoms with E-state index in [0.717, 1.165) is 6.07 Å². The molecule has 4 rings (SSSR count). The highest BCUT2D eigenvalue weighted by Gasteiger charge is 2.48. The lowest BCUT2D eigenvalue weighted by molar-refractivity contribution is -0.0499. The Labute approximate surface area is 146 Å². The summed E-state index contributed by atoms with van der Waals surface area (Å²) in [6.45, 7) is 0. The van der Waals surface area contributed by atoms with Crippen molar-refractivity contribution < 1.29 is 30.6 Å². The van der Waals surface area contributed by atoms with Gasteiger partial charge in [-0.15, -0.1) is 0 Å². The van der Waals surface area contributed by atoms with Crippen LogP contribution < -0.4 is 4.18 Å². The number of alkyl halides is 3. The van der Waals surface area contributed by atoms with E-state index < -0.39 is 21.4 Å². The fourth-order valence-electron chi connectivity index (χ4n) is 3.09. The van der Waals surface area contributed by atoms with Crippen LogP contribution in [0.15, 0.2) is 54.6 Å². The second-order valence-corrected chi connectivity index (χ2v) is 7.24. The molecule has 1 aliphatic rings. The number of carbonyl (C=O) groups is 1. The van der Waals surface area contributed by atoms with E-state index in [0.29, 0.717) is 22.1 Å². The molecule has 3 aromatic rings. The Morgan fingerprint density at radius 1 is 0.769 bits per heavy atom. The van der Waals surface area contributed by atoms with Crippen LogP contribution in [0, 0.1) is 0 Å². The zero-order valence-corrected chi connectivity index (χ0v) is 13.7. The lowest BCUT2D eigenvalue weighted by Crippen LogP contribution is -2.28. The number of halogens is 3. The van der Waals surface area contributed by atoms with Crippen molar-refractivity contribution in [3.8, 4) is 16.9 Å². The number of ketones is 1. The van der Waals surface area contributed by atoms with Crippen LogP contribution in [0.4, 0.5) is 13.2 Å². The van der Waals surface area contributed by atoms with Gasteiger partial charge in [0.15, 0.2) is 11.5 Å². The van der Waals surface area contributed by atoms with E-state index in [9.17, 15) is 26.4 Å². The predicted octanol–water partition coefficient (Wildman–Crippen LogP) is 4.28. The first-order valence-corrected chi connectivity index (χ1v) is 8.82. The molecule has 1 aliphatic carbocycles. The van der Waals surface area contributed by atoms with Crippen LogP contribution in [0.25, 0.3) is 21.9 Å². The Hall–Kier alpha value is -2.87. The summed E-state index contributed by atoms with van der Waals surface area (Å²) in [6.07, 6.45) is 0. The second kappa shape index (κ2) is 5.31.